The molecule has 7 nitrogen and oxygen atoms in total. The summed E-state index contributed by atoms with van der Waals surface area (Å²) < 4.78 is 5.76. The molecule has 0 saturated carbocycles. The molecular weight excluding hydrogens is 488 g/mol. The van der Waals surface area contributed by atoms with Crippen LogP contribution in [-0.2, 0) is 9.59 Å². The topological polar surface area (TPSA) is 96.8 Å². The molecule has 4 rings (SSSR count). The van der Waals surface area contributed by atoms with Crippen LogP contribution >= 0.6 is 11.3 Å². The molecule has 0 radical (unpaired) electrons. The van der Waals surface area contributed by atoms with E-state index in [1.54, 1.807) is 37.3 Å². The highest BCUT2D eigenvalue weighted by molar-refractivity contribution is 7.17. The van der Waals surface area contributed by atoms with Gasteiger partial charge in [0.25, 0.3) is 5.91 Å². The van der Waals surface area contributed by atoms with E-state index in [-0.39, 0.29) is 16.5 Å². The number of hydrogen-bond donors (Lipinski definition) is 1. The maximum absolute atomic E-state index is 13.4. The molecule has 190 valence electrons. The zero-order chi connectivity index (χ0) is 26.5. The maximum atomic E-state index is 13.4. The van der Waals surface area contributed by atoms with Gasteiger partial charge in [0, 0.05) is 6.92 Å². The number of thiazole rings is 1. The van der Waals surface area contributed by atoms with Crippen LogP contribution in [-0.4, -0.2) is 34.2 Å². The van der Waals surface area contributed by atoms with Crippen LogP contribution < -0.4 is 9.64 Å². The van der Waals surface area contributed by atoms with E-state index in [1.807, 2.05) is 30.3 Å². The van der Waals surface area contributed by atoms with Crippen LogP contribution in [0.3, 0.4) is 0 Å². The number of aliphatic hydroxyl groups is 1. The lowest BCUT2D eigenvalue weighted by atomic mass is 9.95. The lowest BCUT2D eigenvalue weighted by Gasteiger charge is -2.24. The number of allylic oxidation sites excluding steroid dienone is 1. The molecule has 0 saturated heterocycles. The smallest absolute Gasteiger partial charge is 0.296 e. The number of carbonyl (C=O) groups is 3. The number of carbonyl (C=O) groups excluding carboxylic acids is 3. The van der Waals surface area contributed by atoms with E-state index in [9.17, 15) is 19.5 Å². The predicted octanol–water partition coefficient (Wildman–Crippen LogP) is 6.02. The van der Waals surface area contributed by atoms with Gasteiger partial charge in [-0.05, 0) is 42.7 Å². The number of nitrogens with zero attached hydrogens (tertiary/aromatic N) is 2. The van der Waals surface area contributed by atoms with Crippen molar-refractivity contribution >= 4 is 40.0 Å². The Morgan fingerprint density at radius 1 is 1.14 bits per heavy atom. The van der Waals surface area contributed by atoms with Gasteiger partial charge in [-0.25, -0.2) is 4.98 Å². The molecule has 1 atom stereocenters. The third-order valence-corrected chi connectivity index (χ3v) is 7.23. The number of ether oxygens (including phenoxy) is 1. The third-order valence-electron chi connectivity index (χ3n) is 5.97. The second kappa shape index (κ2) is 11.3. The van der Waals surface area contributed by atoms with Crippen LogP contribution in [0.15, 0.2) is 72.0 Å². The molecule has 0 bridgehead atoms. The highest BCUT2D eigenvalue weighted by Crippen LogP contribution is 2.43. The van der Waals surface area contributed by atoms with E-state index < -0.39 is 23.5 Å². The van der Waals surface area contributed by atoms with E-state index in [2.05, 4.69) is 11.9 Å². The molecule has 1 aliphatic heterocycles. The van der Waals surface area contributed by atoms with Crippen molar-refractivity contribution in [2.75, 3.05) is 11.5 Å². The van der Waals surface area contributed by atoms with Gasteiger partial charge in [0.2, 0.25) is 0 Å². The van der Waals surface area contributed by atoms with Gasteiger partial charge in [-0.15, -0.1) is 0 Å². The number of aromatic nitrogens is 1. The lowest BCUT2D eigenvalue weighted by molar-refractivity contribution is -0.117. The minimum absolute atomic E-state index is 0.0472. The highest BCUT2D eigenvalue weighted by Gasteiger charge is 2.45. The Kier molecular flexibility index (Phi) is 7.98. The predicted molar refractivity (Wildman–Crippen MR) is 144 cm³/mol. The Bertz CT molecular complexity index is 1370. The third kappa shape index (κ3) is 5.54. The molecule has 37 heavy (non-hydrogen) atoms. The van der Waals surface area contributed by atoms with Crippen LogP contribution in [0.1, 0.15) is 59.2 Å². The fourth-order valence-electron chi connectivity index (χ4n) is 4.09. The van der Waals surface area contributed by atoms with Gasteiger partial charge in [-0.2, -0.15) is 0 Å². The summed E-state index contributed by atoms with van der Waals surface area (Å²) in [5, 5.41) is 11.1. The van der Waals surface area contributed by atoms with Crippen LogP contribution in [0, 0.1) is 6.92 Å². The zero-order valence-electron chi connectivity index (χ0n) is 20.9. The van der Waals surface area contributed by atoms with Gasteiger partial charge in [-0.3, -0.25) is 19.3 Å². The zero-order valence-corrected chi connectivity index (χ0v) is 21.7. The number of unbranched alkanes of at least 4 members (excludes halogenated alkanes) is 1. The van der Waals surface area contributed by atoms with Crippen molar-refractivity contribution in [3.8, 4) is 5.75 Å². The first-order valence-corrected chi connectivity index (χ1v) is 12.9. The average Bonchev–Trinajstić information content (AvgIpc) is 3.40. The van der Waals surface area contributed by atoms with Crippen molar-refractivity contribution in [2.24, 2.45) is 0 Å². The maximum Gasteiger partial charge on any atom is 0.296 e. The van der Waals surface area contributed by atoms with Crippen LogP contribution in [0.25, 0.3) is 6.08 Å². The molecule has 1 amide bonds. The molecule has 2 aromatic carbocycles. The molecule has 0 spiro atoms. The summed E-state index contributed by atoms with van der Waals surface area (Å²) >= 11 is 1.06. The summed E-state index contributed by atoms with van der Waals surface area (Å²) in [7, 11) is 0. The van der Waals surface area contributed by atoms with Gasteiger partial charge < -0.3 is 9.84 Å². The first-order valence-electron chi connectivity index (χ1n) is 12.1. The quantitative estimate of drug-likeness (QED) is 0.201. The number of aryl methyl sites for hydroxylation is 1. The van der Waals surface area contributed by atoms with Crippen LogP contribution in [0.5, 0.6) is 5.75 Å². The van der Waals surface area contributed by atoms with Crippen molar-refractivity contribution in [3.05, 3.63) is 93.7 Å². The highest BCUT2D eigenvalue weighted by atomic mass is 32.1. The van der Waals surface area contributed by atoms with Gasteiger partial charge >= 0.3 is 0 Å². The largest absolute Gasteiger partial charge is 0.503 e. The lowest BCUT2D eigenvalue weighted by Crippen LogP contribution is -2.30. The van der Waals surface area contributed by atoms with E-state index in [0.717, 1.165) is 29.7 Å². The van der Waals surface area contributed by atoms with E-state index >= 15 is 0 Å². The molecule has 1 aliphatic rings. The summed E-state index contributed by atoms with van der Waals surface area (Å²) in [5.41, 5.74) is 1.86. The Morgan fingerprint density at radius 2 is 1.84 bits per heavy atom. The fourth-order valence-corrected chi connectivity index (χ4v) is 5.08. The molecule has 1 N–H and O–H groups in total. The van der Waals surface area contributed by atoms with Crippen molar-refractivity contribution in [3.63, 3.8) is 0 Å². The van der Waals surface area contributed by atoms with Crippen molar-refractivity contribution in [1.82, 2.24) is 4.98 Å². The Hall–Kier alpha value is -4.04. The van der Waals surface area contributed by atoms with Crippen LogP contribution in [0.2, 0.25) is 0 Å². The second-order valence-corrected chi connectivity index (χ2v) is 9.66. The minimum atomic E-state index is -0.921. The van der Waals surface area contributed by atoms with Gasteiger partial charge in [-0.1, -0.05) is 73.2 Å². The van der Waals surface area contributed by atoms with Crippen molar-refractivity contribution < 1.29 is 24.2 Å². The number of Topliss-reactive ketones (excluding diaryl/α,β-unsaturated/α-hetero) is 1. The number of anilines is 1. The molecule has 3 aromatic rings. The van der Waals surface area contributed by atoms with Crippen LogP contribution in [0.4, 0.5) is 5.13 Å². The summed E-state index contributed by atoms with van der Waals surface area (Å²) in [6.07, 6.45) is 4.93. The molecule has 2 heterocycles. The van der Waals surface area contributed by atoms with Crippen molar-refractivity contribution in [2.45, 2.75) is 39.7 Å². The average molecular weight is 517 g/mol. The Labute approximate surface area is 219 Å². The number of aliphatic hydroxyl groups excluding tert-OH is 1. The second-order valence-electron chi connectivity index (χ2n) is 8.69. The molecule has 8 heteroatoms. The van der Waals surface area contributed by atoms with E-state index in [1.165, 1.54) is 17.9 Å². The Balaban J connectivity index is 1.75. The number of ketones is 2. The van der Waals surface area contributed by atoms with Gasteiger partial charge in [0.1, 0.15) is 5.75 Å². The number of benzene rings is 2. The number of amides is 1. The molecule has 0 fully saturated rings. The molecular formula is C29H28N2O5S. The molecule has 1 aromatic heterocycles. The summed E-state index contributed by atoms with van der Waals surface area (Å²) in [6.45, 7) is 5.80. The van der Waals surface area contributed by atoms with Gasteiger partial charge in [0.05, 0.1) is 28.8 Å². The number of hydrogen-bond acceptors (Lipinski definition) is 7. The minimum Gasteiger partial charge on any atom is -0.503 e. The standard InChI is InChI=1S/C29H28N2O5S/c1-4-5-17-36-22-14-12-21(13-15-22)25-24(23(33)16-11-20-9-7-6-8-10-20)26(34)28(35)31(25)29-30-18(2)27(37-29)19(3)32/h6-16,25,34H,4-5,17H2,1-3H3/b16-11+. The summed E-state index contributed by atoms with van der Waals surface area (Å²) in [5.74, 6) is -1.37. The molecule has 0 aliphatic carbocycles. The van der Waals surface area contributed by atoms with Crippen molar-refractivity contribution in [1.29, 1.82) is 0 Å². The monoisotopic (exact) mass is 516 g/mol. The summed E-state index contributed by atoms with van der Waals surface area (Å²) in [6, 6.07) is 15.4. The van der Waals surface area contributed by atoms with E-state index in [0.29, 0.717) is 28.5 Å². The first-order chi connectivity index (χ1) is 17.8. The van der Waals surface area contributed by atoms with Gasteiger partial charge in [0.15, 0.2) is 22.5 Å². The number of rotatable bonds is 10. The SMILES string of the molecule is CCCCOc1ccc(C2C(C(=O)/C=C/c3ccccc3)=C(O)C(=O)N2c2nc(C)c(C(C)=O)s2)cc1. The molecule has 1 unspecified atom stereocenters. The summed E-state index contributed by atoms with van der Waals surface area (Å²) in [4.78, 5) is 44.9. The Morgan fingerprint density at radius 3 is 2.46 bits per heavy atom. The first kappa shape index (κ1) is 26.0. The normalized spacial score (nSPS) is 15.6. The fraction of sp³-hybridized carbons (Fsp3) is 0.241. The van der Waals surface area contributed by atoms with E-state index in [4.69, 9.17) is 4.74 Å².